The lowest BCUT2D eigenvalue weighted by atomic mass is 10.2. The summed E-state index contributed by atoms with van der Waals surface area (Å²) in [5.74, 6) is -0.421. The van der Waals surface area contributed by atoms with E-state index in [1.807, 2.05) is 0 Å². The number of nitrogens with one attached hydrogen (secondary N) is 1. The van der Waals surface area contributed by atoms with Gasteiger partial charge in [-0.25, -0.2) is 4.39 Å². The highest BCUT2D eigenvalue weighted by molar-refractivity contribution is 6.43. The molecule has 3 aromatic rings. The minimum atomic E-state index is -0.486. The lowest BCUT2D eigenvalue weighted by Crippen LogP contribution is -2.10. The van der Waals surface area contributed by atoms with Gasteiger partial charge in [-0.05, 0) is 42.5 Å². The normalized spacial score (nSPS) is 10.6. The standard InChI is InChI=1S/C17H10Cl2FNO2/c18-13-6-2-5-12(16(13)19)14-7-8-15(23-14)17(22)21-11-4-1-3-10(20)9-11/h1-9H,(H,21,22). The number of anilines is 1. The van der Waals surface area contributed by atoms with Crippen LogP contribution in [0.3, 0.4) is 0 Å². The third kappa shape index (κ3) is 3.38. The first-order valence-electron chi connectivity index (χ1n) is 6.66. The van der Waals surface area contributed by atoms with E-state index in [-0.39, 0.29) is 5.76 Å². The van der Waals surface area contributed by atoms with E-state index in [0.717, 1.165) is 0 Å². The summed E-state index contributed by atoms with van der Waals surface area (Å²) in [6.07, 6.45) is 0. The van der Waals surface area contributed by atoms with Crippen LogP contribution in [0.2, 0.25) is 10.0 Å². The molecule has 1 amide bonds. The molecule has 0 radical (unpaired) electrons. The van der Waals surface area contributed by atoms with E-state index in [1.54, 1.807) is 30.3 Å². The Labute approximate surface area is 141 Å². The fourth-order valence-electron chi connectivity index (χ4n) is 2.06. The molecule has 0 unspecified atom stereocenters. The lowest BCUT2D eigenvalue weighted by Gasteiger charge is -2.04. The van der Waals surface area contributed by atoms with E-state index in [4.69, 9.17) is 27.6 Å². The number of rotatable bonds is 3. The topological polar surface area (TPSA) is 42.2 Å². The summed E-state index contributed by atoms with van der Waals surface area (Å²) in [5.41, 5.74) is 0.928. The first-order valence-corrected chi connectivity index (χ1v) is 7.41. The zero-order valence-corrected chi connectivity index (χ0v) is 13.2. The minimum Gasteiger partial charge on any atom is -0.451 e. The fraction of sp³-hybridized carbons (Fsp3) is 0. The lowest BCUT2D eigenvalue weighted by molar-refractivity contribution is 0.0997. The van der Waals surface area contributed by atoms with Gasteiger partial charge in [0.15, 0.2) is 5.76 Å². The number of benzene rings is 2. The van der Waals surface area contributed by atoms with E-state index >= 15 is 0 Å². The number of furan rings is 1. The van der Waals surface area contributed by atoms with Gasteiger partial charge in [-0.2, -0.15) is 0 Å². The van der Waals surface area contributed by atoms with Crippen molar-refractivity contribution in [2.75, 3.05) is 5.32 Å². The average Bonchev–Trinajstić information content (AvgIpc) is 3.00. The Morgan fingerprint density at radius 2 is 1.83 bits per heavy atom. The summed E-state index contributed by atoms with van der Waals surface area (Å²) < 4.78 is 18.6. The second-order valence-corrected chi connectivity index (χ2v) is 5.51. The molecule has 3 nitrogen and oxygen atoms in total. The number of halogens is 3. The van der Waals surface area contributed by atoms with Gasteiger partial charge in [0.1, 0.15) is 11.6 Å². The van der Waals surface area contributed by atoms with Crippen molar-refractivity contribution in [3.05, 3.63) is 76.2 Å². The van der Waals surface area contributed by atoms with Gasteiger partial charge in [0, 0.05) is 11.3 Å². The van der Waals surface area contributed by atoms with Crippen LogP contribution < -0.4 is 5.32 Å². The molecule has 1 N–H and O–H groups in total. The third-order valence-electron chi connectivity index (χ3n) is 3.13. The van der Waals surface area contributed by atoms with Gasteiger partial charge in [-0.3, -0.25) is 4.79 Å². The summed E-state index contributed by atoms with van der Waals surface area (Å²) in [6, 6.07) is 13.9. The minimum absolute atomic E-state index is 0.0836. The largest absolute Gasteiger partial charge is 0.451 e. The van der Waals surface area contributed by atoms with Gasteiger partial charge in [0.2, 0.25) is 0 Å². The fourth-order valence-corrected chi connectivity index (χ4v) is 2.45. The van der Waals surface area contributed by atoms with Gasteiger partial charge in [-0.1, -0.05) is 35.3 Å². The number of carbonyl (C=O) groups excluding carboxylic acids is 1. The van der Waals surface area contributed by atoms with Crippen molar-refractivity contribution in [1.82, 2.24) is 0 Å². The predicted octanol–water partition coefficient (Wildman–Crippen LogP) is 5.64. The molecule has 6 heteroatoms. The van der Waals surface area contributed by atoms with Gasteiger partial charge in [0.05, 0.1) is 10.0 Å². The van der Waals surface area contributed by atoms with Crippen LogP contribution in [0.5, 0.6) is 0 Å². The molecule has 0 aliphatic rings. The van der Waals surface area contributed by atoms with Crippen LogP contribution in [-0.2, 0) is 0 Å². The van der Waals surface area contributed by atoms with Crippen LogP contribution >= 0.6 is 23.2 Å². The summed E-state index contributed by atoms with van der Waals surface area (Å²) in [4.78, 5) is 12.1. The SMILES string of the molecule is O=C(Nc1cccc(F)c1)c1ccc(-c2cccc(Cl)c2Cl)o1. The first kappa shape index (κ1) is 15.6. The van der Waals surface area contributed by atoms with E-state index in [1.165, 1.54) is 24.3 Å². The second kappa shape index (κ2) is 6.44. The smallest absolute Gasteiger partial charge is 0.291 e. The molecule has 0 fully saturated rings. The molecule has 1 aromatic heterocycles. The molecular weight excluding hydrogens is 340 g/mol. The molecule has 0 atom stereocenters. The van der Waals surface area contributed by atoms with Crippen molar-refractivity contribution in [2.45, 2.75) is 0 Å². The maximum absolute atomic E-state index is 13.1. The molecule has 0 spiro atoms. The van der Waals surface area contributed by atoms with Crippen molar-refractivity contribution >= 4 is 34.8 Å². The average molecular weight is 350 g/mol. The molecule has 0 aliphatic carbocycles. The Morgan fingerprint density at radius 1 is 1.04 bits per heavy atom. The van der Waals surface area contributed by atoms with Crippen molar-refractivity contribution in [2.24, 2.45) is 0 Å². The van der Waals surface area contributed by atoms with Gasteiger partial charge in [-0.15, -0.1) is 0 Å². The second-order valence-electron chi connectivity index (χ2n) is 4.73. The van der Waals surface area contributed by atoms with Crippen molar-refractivity contribution in [3.63, 3.8) is 0 Å². The first-order chi connectivity index (χ1) is 11.0. The molecule has 0 bridgehead atoms. The van der Waals surface area contributed by atoms with Crippen LogP contribution in [0.4, 0.5) is 10.1 Å². The zero-order valence-electron chi connectivity index (χ0n) is 11.6. The molecule has 116 valence electrons. The molecule has 0 saturated carbocycles. The maximum Gasteiger partial charge on any atom is 0.291 e. The highest BCUT2D eigenvalue weighted by atomic mass is 35.5. The molecule has 3 rings (SSSR count). The maximum atomic E-state index is 13.1. The Morgan fingerprint density at radius 3 is 2.61 bits per heavy atom. The van der Waals surface area contributed by atoms with Crippen LogP contribution in [0.1, 0.15) is 10.6 Å². The highest BCUT2D eigenvalue weighted by Crippen LogP contribution is 2.34. The quantitative estimate of drug-likeness (QED) is 0.664. The third-order valence-corrected chi connectivity index (χ3v) is 3.95. The Bertz CT molecular complexity index is 877. The monoisotopic (exact) mass is 349 g/mol. The Balaban J connectivity index is 1.84. The van der Waals surface area contributed by atoms with E-state index in [2.05, 4.69) is 5.32 Å². The van der Waals surface area contributed by atoms with Gasteiger partial charge in [0.25, 0.3) is 5.91 Å². The number of hydrogen-bond acceptors (Lipinski definition) is 2. The van der Waals surface area contributed by atoms with Gasteiger partial charge >= 0.3 is 0 Å². The predicted molar refractivity (Wildman–Crippen MR) is 88.5 cm³/mol. The number of amides is 1. The molecule has 23 heavy (non-hydrogen) atoms. The summed E-state index contributed by atoms with van der Waals surface area (Å²) >= 11 is 12.1. The number of hydrogen-bond donors (Lipinski definition) is 1. The van der Waals surface area contributed by atoms with E-state index in [9.17, 15) is 9.18 Å². The molecule has 0 aliphatic heterocycles. The van der Waals surface area contributed by atoms with E-state index in [0.29, 0.717) is 27.1 Å². The molecule has 1 heterocycles. The summed E-state index contributed by atoms with van der Waals surface area (Å²) in [6.45, 7) is 0. The summed E-state index contributed by atoms with van der Waals surface area (Å²) in [5, 5.41) is 3.30. The van der Waals surface area contributed by atoms with Crippen molar-refractivity contribution < 1.29 is 13.6 Å². The molecule has 2 aromatic carbocycles. The Hall–Kier alpha value is -2.30. The van der Waals surface area contributed by atoms with Crippen LogP contribution in [-0.4, -0.2) is 5.91 Å². The van der Waals surface area contributed by atoms with Crippen LogP contribution in [0, 0.1) is 5.82 Å². The van der Waals surface area contributed by atoms with E-state index < -0.39 is 11.7 Å². The summed E-state index contributed by atoms with van der Waals surface area (Å²) in [7, 11) is 0. The molecule has 0 saturated heterocycles. The van der Waals surface area contributed by atoms with Crippen molar-refractivity contribution in [1.29, 1.82) is 0 Å². The number of carbonyl (C=O) groups is 1. The van der Waals surface area contributed by atoms with Crippen molar-refractivity contribution in [3.8, 4) is 11.3 Å². The van der Waals surface area contributed by atoms with Gasteiger partial charge < -0.3 is 9.73 Å². The highest BCUT2D eigenvalue weighted by Gasteiger charge is 2.15. The van der Waals surface area contributed by atoms with Crippen LogP contribution in [0.25, 0.3) is 11.3 Å². The zero-order chi connectivity index (χ0) is 16.4. The Kier molecular flexibility index (Phi) is 4.37. The van der Waals surface area contributed by atoms with Crippen LogP contribution in [0.15, 0.2) is 59.0 Å². The molecular formula is C17H10Cl2FNO2.